The Morgan fingerprint density at radius 1 is 1.03 bits per heavy atom. The lowest BCUT2D eigenvalue weighted by molar-refractivity contribution is 0.0168. The van der Waals surface area contributed by atoms with Gasteiger partial charge in [0.15, 0.2) is 11.6 Å². The minimum Gasteiger partial charge on any atom is -0.493 e. The highest BCUT2D eigenvalue weighted by atomic mass is 19.1. The smallest absolute Gasteiger partial charge is 0.407 e. The van der Waals surface area contributed by atoms with Crippen LogP contribution in [-0.4, -0.2) is 42.7 Å². The van der Waals surface area contributed by atoms with Crippen LogP contribution in [0.2, 0.25) is 0 Å². The van der Waals surface area contributed by atoms with Crippen molar-refractivity contribution in [3.63, 3.8) is 0 Å². The molecule has 0 saturated carbocycles. The SMILES string of the molecule is COc1c(F)cc(F)cc1C(O)C(O)CNC(=O)OCC1c2ccccc2-c2ccccc21. The second kappa shape index (κ2) is 9.56. The zero-order chi connectivity index (χ0) is 23.5. The number of alkyl carbamates (subject to hydrolysis) is 1. The average molecular weight is 455 g/mol. The summed E-state index contributed by atoms with van der Waals surface area (Å²) in [5.74, 6) is -2.45. The number of ether oxygens (including phenoxy) is 2. The van der Waals surface area contributed by atoms with E-state index in [1.807, 2.05) is 48.5 Å². The van der Waals surface area contributed by atoms with Crippen LogP contribution in [0.5, 0.6) is 5.75 Å². The first-order chi connectivity index (χ1) is 15.9. The predicted octanol–water partition coefficient (Wildman–Crippen LogP) is 3.91. The highest BCUT2D eigenvalue weighted by Gasteiger charge is 2.29. The molecule has 1 aliphatic rings. The maximum absolute atomic E-state index is 13.9. The summed E-state index contributed by atoms with van der Waals surface area (Å²) in [6, 6.07) is 17.3. The molecule has 2 atom stereocenters. The van der Waals surface area contributed by atoms with Gasteiger partial charge in [-0.25, -0.2) is 13.6 Å². The first-order valence-corrected chi connectivity index (χ1v) is 10.4. The largest absolute Gasteiger partial charge is 0.493 e. The number of methoxy groups -OCH3 is 1. The highest BCUT2D eigenvalue weighted by Crippen LogP contribution is 2.44. The lowest BCUT2D eigenvalue weighted by atomic mass is 9.98. The van der Waals surface area contributed by atoms with Crippen LogP contribution in [0.1, 0.15) is 28.7 Å². The maximum atomic E-state index is 13.9. The number of halogens is 2. The second-order valence-electron chi connectivity index (χ2n) is 7.73. The van der Waals surface area contributed by atoms with Crippen LogP contribution in [0.25, 0.3) is 11.1 Å². The number of fused-ring (bicyclic) bond motifs is 3. The van der Waals surface area contributed by atoms with E-state index in [4.69, 9.17) is 9.47 Å². The van der Waals surface area contributed by atoms with Gasteiger partial charge in [-0.15, -0.1) is 0 Å². The molecule has 0 fully saturated rings. The van der Waals surface area contributed by atoms with Gasteiger partial charge in [0.1, 0.15) is 24.6 Å². The van der Waals surface area contributed by atoms with Gasteiger partial charge in [-0.05, 0) is 28.3 Å². The number of nitrogens with one attached hydrogen (secondary N) is 1. The van der Waals surface area contributed by atoms with Crippen molar-refractivity contribution in [1.29, 1.82) is 0 Å². The first-order valence-electron chi connectivity index (χ1n) is 10.4. The molecule has 0 heterocycles. The van der Waals surface area contributed by atoms with Crippen LogP contribution >= 0.6 is 0 Å². The number of benzene rings is 3. The Labute approximate surface area is 189 Å². The molecule has 1 amide bonds. The highest BCUT2D eigenvalue weighted by molar-refractivity contribution is 5.79. The van der Waals surface area contributed by atoms with Gasteiger partial charge >= 0.3 is 6.09 Å². The number of aliphatic hydroxyl groups is 2. The normalized spacial score (nSPS) is 14.2. The van der Waals surface area contributed by atoms with Gasteiger partial charge in [0.2, 0.25) is 0 Å². The zero-order valence-electron chi connectivity index (χ0n) is 17.8. The fraction of sp³-hybridized carbons (Fsp3) is 0.240. The van der Waals surface area contributed by atoms with E-state index in [1.165, 1.54) is 0 Å². The molecular weight excluding hydrogens is 432 g/mol. The molecule has 3 aromatic rings. The number of carbonyl (C=O) groups excluding carboxylic acids is 1. The fourth-order valence-electron chi connectivity index (χ4n) is 4.17. The van der Waals surface area contributed by atoms with E-state index in [1.54, 1.807) is 0 Å². The van der Waals surface area contributed by atoms with E-state index in [9.17, 15) is 23.8 Å². The molecule has 33 heavy (non-hydrogen) atoms. The van der Waals surface area contributed by atoms with Crippen molar-refractivity contribution in [2.75, 3.05) is 20.3 Å². The third-order valence-electron chi connectivity index (χ3n) is 5.72. The van der Waals surface area contributed by atoms with Crippen molar-refractivity contribution in [1.82, 2.24) is 5.32 Å². The van der Waals surface area contributed by atoms with E-state index in [0.717, 1.165) is 35.4 Å². The Bertz CT molecular complexity index is 1120. The number of rotatable bonds is 7. The maximum Gasteiger partial charge on any atom is 0.407 e. The van der Waals surface area contributed by atoms with Crippen LogP contribution in [0.4, 0.5) is 13.6 Å². The summed E-state index contributed by atoms with van der Waals surface area (Å²) in [5, 5.41) is 22.9. The van der Waals surface area contributed by atoms with Gasteiger partial charge in [0, 0.05) is 24.1 Å². The van der Waals surface area contributed by atoms with Crippen molar-refractivity contribution < 1.29 is 33.3 Å². The summed E-state index contributed by atoms with van der Waals surface area (Å²) < 4.78 is 37.7. The summed E-state index contributed by atoms with van der Waals surface area (Å²) >= 11 is 0. The molecule has 172 valence electrons. The Kier molecular flexibility index (Phi) is 6.57. The minimum absolute atomic E-state index is 0.0848. The molecule has 0 aromatic heterocycles. The Morgan fingerprint density at radius 3 is 2.24 bits per heavy atom. The van der Waals surface area contributed by atoms with Crippen LogP contribution in [0.15, 0.2) is 60.7 Å². The van der Waals surface area contributed by atoms with Crippen molar-refractivity contribution in [2.45, 2.75) is 18.1 Å². The van der Waals surface area contributed by atoms with Gasteiger partial charge < -0.3 is 25.0 Å². The second-order valence-corrected chi connectivity index (χ2v) is 7.73. The molecule has 0 aliphatic heterocycles. The van der Waals surface area contributed by atoms with E-state index >= 15 is 0 Å². The number of hydrogen-bond donors (Lipinski definition) is 3. The molecule has 6 nitrogen and oxygen atoms in total. The molecule has 0 bridgehead atoms. The average Bonchev–Trinajstić information content (AvgIpc) is 3.14. The van der Waals surface area contributed by atoms with Gasteiger partial charge in [0.25, 0.3) is 0 Å². The van der Waals surface area contributed by atoms with Gasteiger partial charge in [-0.1, -0.05) is 48.5 Å². The van der Waals surface area contributed by atoms with E-state index in [2.05, 4.69) is 5.32 Å². The summed E-state index contributed by atoms with van der Waals surface area (Å²) in [4.78, 5) is 12.2. The summed E-state index contributed by atoms with van der Waals surface area (Å²) in [7, 11) is 1.16. The van der Waals surface area contributed by atoms with Crippen LogP contribution in [-0.2, 0) is 4.74 Å². The van der Waals surface area contributed by atoms with Crippen LogP contribution < -0.4 is 10.1 Å². The Morgan fingerprint density at radius 2 is 1.64 bits per heavy atom. The van der Waals surface area contributed by atoms with Crippen molar-refractivity contribution >= 4 is 6.09 Å². The zero-order valence-corrected chi connectivity index (χ0v) is 17.8. The van der Waals surface area contributed by atoms with Gasteiger partial charge in [0.05, 0.1) is 7.11 Å². The topological polar surface area (TPSA) is 88.0 Å². The number of aliphatic hydroxyl groups excluding tert-OH is 2. The standard InChI is InChI=1S/C25H23F2NO5/c1-32-24-19(10-14(26)11-21(24)27)23(30)22(29)12-28-25(31)33-13-20-17-8-4-2-6-15(17)16-7-3-5-9-18(16)20/h2-11,20,22-23,29-30H,12-13H2,1H3,(H,28,31). The molecule has 3 N–H and O–H groups in total. The molecule has 1 aliphatic carbocycles. The molecule has 8 heteroatoms. The van der Waals surface area contributed by atoms with Crippen molar-refractivity contribution in [2.24, 2.45) is 0 Å². The quantitative estimate of drug-likeness (QED) is 0.503. The number of hydrogen-bond acceptors (Lipinski definition) is 5. The van der Waals surface area contributed by atoms with Crippen LogP contribution in [0.3, 0.4) is 0 Å². The number of amides is 1. The first kappa shape index (κ1) is 22.7. The molecule has 0 spiro atoms. The lowest BCUT2D eigenvalue weighted by Crippen LogP contribution is -2.36. The van der Waals surface area contributed by atoms with Crippen molar-refractivity contribution in [3.05, 3.63) is 89.0 Å². The summed E-state index contributed by atoms with van der Waals surface area (Å²) in [6.45, 7) is -0.319. The molecule has 4 rings (SSSR count). The third-order valence-corrected chi connectivity index (χ3v) is 5.72. The van der Waals surface area contributed by atoms with E-state index in [-0.39, 0.29) is 23.8 Å². The van der Waals surface area contributed by atoms with E-state index < -0.39 is 36.5 Å². The van der Waals surface area contributed by atoms with E-state index in [0.29, 0.717) is 6.07 Å². The molecule has 2 unspecified atom stereocenters. The minimum atomic E-state index is -1.70. The monoisotopic (exact) mass is 455 g/mol. The predicted molar refractivity (Wildman–Crippen MR) is 117 cm³/mol. The lowest BCUT2D eigenvalue weighted by Gasteiger charge is -2.21. The molecule has 0 saturated heterocycles. The van der Waals surface area contributed by atoms with Gasteiger partial charge in [-0.3, -0.25) is 0 Å². The molecule has 3 aromatic carbocycles. The molecular formula is C25H23F2NO5. The van der Waals surface area contributed by atoms with Gasteiger partial charge in [-0.2, -0.15) is 0 Å². The van der Waals surface area contributed by atoms with Crippen LogP contribution in [0, 0.1) is 11.6 Å². The number of carbonyl (C=O) groups is 1. The Balaban J connectivity index is 1.37. The van der Waals surface area contributed by atoms with Crippen molar-refractivity contribution in [3.8, 4) is 16.9 Å². The summed E-state index contributed by atoms with van der Waals surface area (Å²) in [6.07, 6.45) is -4.04. The molecule has 0 radical (unpaired) electrons. The summed E-state index contributed by atoms with van der Waals surface area (Å²) in [5.41, 5.74) is 4.04. The third kappa shape index (κ3) is 4.53. The Hall–Kier alpha value is -3.49. The fourth-order valence-corrected chi connectivity index (χ4v) is 4.17.